The van der Waals surface area contributed by atoms with Crippen LogP contribution in [0.25, 0.3) is 11.1 Å². The highest BCUT2D eigenvalue weighted by Gasteiger charge is 2.10. The van der Waals surface area contributed by atoms with E-state index in [0.29, 0.717) is 11.5 Å². The van der Waals surface area contributed by atoms with Crippen LogP contribution in [0.2, 0.25) is 0 Å². The van der Waals surface area contributed by atoms with Crippen molar-refractivity contribution in [2.45, 2.75) is 13.8 Å². The molecule has 0 aromatic heterocycles. The Morgan fingerprint density at radius 1 is 0.760 bits per heavy atom. The van der Waals surface area contributed by atoms with Crippen molar-refractivity contribution in [3.63, 3.8) is 0 Å². The Morgan fingerprint density at radius 3 is 2.00 bits per heavy atom. The fraction of sp³-hybridized carbons (Fsp3) is 0.136. The molecule has 3 rings (SSSR count). The highest BCUT2D eigenvalue weighted by molar-refractivity contribution is 5.75. The summed E-state index contributed by atoms with van der Waals surface area (Å²) in [5.74, 6) is 0.832. The van der Waals surface area contributed by atoms with E-state index in [1.807, 2.05) is 74.5 Å². The molecule has 0 unspecified atom stereocenters. The lowest BCUT2D eigenvalue weighted by atomic mass is 10.1. The Hall–Kier alpha value is -3.07. The molecule has 126 valence electrons. The van der Waals surface area contributed by atoms with Crippen molar-refractivity contribution in [1.82, 2.24) is 0 Å². The zero-order chi connectivity index (χ0) is 17.6. The fourth-order valence-corrected chi connectivity index (χ4v) is 2.62. The van der Waals surface area contributed by atoms with E-state index in [1.54, 1.807) is 0 Å². The Bertz CT molecular complexity index is 832. The minimum absolute atomic E-state index is 0.127. The van der Waals surface area contributed by atoms with E-state index < -0.39 is 5.97 Å². The minimum atomic E-state index is -0.412. The third-order valence-electron chi connectivity index (χ3n) is 3.94. The predicted molar refractivity (Wildman–Crippen MR) is 98.9 cm³/mol. The smallest absolute Gasteiger partial charge is 0.349 e. The molecular weight excluding hydrogens is 312 g/mol. The average Bonchev–Trinajstić information content (AvgIpc) is 2.64. The highest BCUT2D eigenvalue weighted by atomic mass is 16.6. The van der Waals surface area contributed by atoms with Crippen molar-refractivity contribution in [3.8, 4) is 22.6 Å². The van der Waals surface area contributed by atoms with E-state index >= 15 is 0 Å². The summed E-state index contributed by atoms with van der Waals surface area (Å²) in [6.45, 7) is 3.70. The first kappa shape index (κ1) is 16.8. The van der Waals surface area contributed by atoms with Crippen LogP contribution in [-0.4, -0.2) is 12.6 Å². The van der Waals surface area contributed by atoms with Crippen LogP contribution in [0.1, 0.15) is 11.1 Å². The first-order chi connectivity index (χ1) is 12.1. The first-order valence-electron chi connectivity index (χ1n) is 8.18. The van der Waals surface area contributed by atoms with Gasteiger partial charge in [-0.2, -0.15) is 0 Å². The van der Waals surface area contributed by atoms with Crippen LogP contribution in [0.15, 0.2) is 72.8 Å². The number of aryl methyl sites for hydroxylation is 2. The summed E-state index contributed by atoms with van der Waals surface area (Å²) < 4.78 is 11.0. The Kier molecular flexibility index (Phi) is 5.14. The molecule has 3 nitrogen and oxygen atoms in total. The summed E-state index contributed by atoms with van der Waals surface area (Å²) in [6, 6.07) is 23.5. The van der Waals surface area contributed by atoms with Gasteiger partial charge in [0.05, 0.1) is 0 Å². The zero-order valence-corrected chi connectivity index (χ0v) is 14.4. The number of hydrogen-bond donors (Lipinski definition) is 0. The third kappa shape index (κ3) is 4.27. The highest BCUT2D eigenvalue weighted by Crippen LogP contribution is 2.24. The molecule has 3 heteroatoms. The molecule has 3 aromatic carbocycles. The van der Waals surface area contributed by atoms with Crippen molar-refractivity contribution < 1.29 is 14.3 Å². The van der Waals surface area contributed by atoms with Crippen molar-refractivity contribution in [3.05, 3.63) is 83.9 Å². The second kappa shape index (κ2) is 7.67. The normalized spacial score (nSPS) is 10.3. The van der Waals surface area contributed by atoms with E-state index in [4.69, 9.17) is 9.47 Å². The van der Waals surface area contributed by atoms with Gasteiger partial charge in [0.15, 0.2) is 6.61 Å². The van der Waals surface area contributed by atoms with Crippen molar-refractivity contribution in [2.24, 2.45) is 0 Å². The Labute approximate surface area is 147 Å². The van der Waals surface area contributed by atoms with E-state index in [2.05, 4.69) is 12.1 Å². The van der Waals surface area contributed by atoms with E-state index in [0.717, 1.165) is 22.3 Å². The van der Waals surface area contributed by atoms with Gasteiger partial charge < -0.3 is 9.47 Å². The van der Waals surface area contributed by atoms with Crippen molar-refractivity contribution >= 4 is 5.97 Å². The quantitative estimate of drug-likeness (QED) is 0.489. The van der Waals surface area contributed by atoms with Crippen molar-refractivity contribution in [2.75, 3.05) is 6.61 Å². The summed E-state index contributed by atoms with van der Waals surface area (Å²) in [5, 5.41) is 0. The second-order valence-corrected chi connectivity index (χ2v) is 5.87. The summed E-state index contributed by atoms with van der Waals surface area (Å²) in [6.07, 6.45) is 0. The molecule has 0 spiro atoms. The molecule has 0 heterocycles. The predicted octanol–water partition coefficient (Wildman–Crippen LogP) is 4.95. The van der Waals surface area contributed by atoms with Gasteiger partial charge in [-0.15, -0.1) is 0 Å². The van der Waals surface area contributed by atoms with Crippen molar-refractivity contribution in [1.29, 1.82) is 0 Å². The van der Waals surface area contributed by atoms with Crippen LogP contribution in [0, 0.1) is 13.8 Å². The van der Waals surface area contributed by atoms with Crippen LogP contribution in [0.4, 0.5) is 0 Å². The first-order valence-corrected chi connectivity index (χ1v) is 8.18. The SMILES string of the molecule is Cc1cccc(C)c1OC(=O)COc1ccc(-c2ccccc2)cc1. The molecule has 0 aliphatic rings. The maximum Gasteiger partial charge on any atom is 0.349 e. The molecule has 0 aliphatic heterocycles. The molecule has 25 heavy (non-hydrogen) atoms. The number of carbonyl (C=O) groups is 1. The molecule has 0 N–H and O–H groups in total. The molecule has 0 amide bonds. The summed E-state index contributed by atoms with van der Waals surface area (Å²) >= 11 is 0. The van der Waals surface area contributed by atoms with Gasteiger partial charge in [0.2, 0.25) is 0 Å². The van der Waals surface area contributed by atoms with Crippen LogP contribution in [-0.2, 0) is 4.79 Å². The van der Waals surface area contributed by atoms with E-state index in [-0.39, 0.29) is 6.61 Å². The van der Waals surface area contributed by atoms with Gasteiger partial charge in [-0.1, -0.05) is 60.7 Å². The largest absolute Gasteiger partial charge is 0.482 e. The van der Waals surface area contributed by atoms with Gasteiger partial charge in [0.25, 0.3) is 0 Å². The number of benzene rings is 3. The molecule has 0 fully saturated rings. The molecule has 0 atom stereocenters. The van der Waals surface area contributed by atoms with Crippen LogP contribution < -0.4 is 9.47 Å². The number of para-hydroxylation sites is 1. The molecule has 0 radical (unpaired) electrons. The second-order valence-electron chi connectivity index (χ2n) is 5.87. The Morgan fingerprint density at radius 2 is 1.36 bits per heavy atom. The van der Waals surface area contributed by atoms with E-state index in [1.165, 1.54) is 0 Å². The molecule has 0 saturated heterocycles. The van der Waals surface area contributed by atoms with Gasteiger partial charge in [-0.05, 0) is 48.2 Å². The average molecular weight is 332 g/mol. The number of ether oxygens (including phenoxy) is 2. The lowest BCUT2D eigenvalue weighted by Crippen LogP contribution is -2.18. The molecule has 3 aromatic rings. The Balaban J connectivity index is 1.59. The standard InChI is InChI=1S/C22H20O3/c1-16-7-6-8-17(2)22(16)25-21(23)15-24-20-13-11-19(12-14-20)18-9-4-3-5-10-18/h3-14H,15H2,1-2H3. The van der Waals surface area contributed by atoms with Crippen LogP contribution in [0.5, 0.6) is 11.5 Å². The van der Waals surface area contributed by atoms with Crippen LogP contribution in [0.3, 0.4) is 0 Å². The van der Waals surface area contributed by atoms with Gasteiger partial charge in [-0.3, -0.25) is 0 Å². The summed E-state index contributed by atoms with van der Waals surface area (Å²) in [5.41, 5.74) is 4.11. The maximum atomic E-state index is 12.0. The number of carbonyl (C=O) groups excluding carboxylic acids is 1. The monoisotopic (exact) mass is 332 g/mol. The summed E-state index contributed by atoms with van der Waals surface area (Å²) in [4.78, 5) is 12.0. The maximum absolute atomic E-state index is 12.0. The van der Waals surface area contributed by atoms with Gasteiger partial charge in [-0.25, -0.2) is 4.79 Å². The lowest BCUT2D eigenvalue weighted by molar-refractivity contribution is -0.136. The molecule has 0 saturated carbocycles. The number of rotatable bonds is 5. The van der Waals surface area contributed by atoms with Gasteiger partial charge >= 0.3 is 5.97 Å². The zero-order valence-electron chi connectivity index (χ0n) is 14.4. The molecule has 0 aliphatic carbocycles. The van der Waals surface area contributed by atoms with E-state index in [9.17, 15) is 4.79 Å². The summed E-state index contributed by atoms with van der Waals surface area (Å²) in [7, 11) is 0. The topological polar surface area (TPSA) is 35.5 Å². The third-order valence-corrected chi connectivity index (χ3v) is 3.94. The van der Waals surface area contributed by atoms with Gasteiger partial charge in [0.1, 0.15) is 11.5 Å². The fourth-order valence-electron chi connectivity index (χ4n) is 2.62. The number of esters is 1. The molecular formula is C22H20O3. The lowest BCUT2D eigenvalue weighted by Gasteiger charge is -2.11. The minimum Gasteiger partial charge on any atom is -0.482 e. The van der Waals surface area contributed by atoms with Gasteiger partial charge in [0, 0.05) is 0 Å². The van der Waals surface area contributed by atoms with Crippen LogP contribution >= 0.6 is 0 Å². The molecule has 0 bridgehead atoms. The number of hydrogen-bond acceptors (Lipinski definition) is 3.